The van der Waals surface area contributed by atoms with E-state index in [2.05, 4.69) is 19.1 Å². The summed E-state index contributed by atoms with van der Waals surface area (Å²) in [7, 11) is 0. The minimum atomic E-state index is -0.588. The van der Waals surface area contributed by atoms with E-state index in [1.165, 1.54) is 5.56 Å². The second-order valence-corrected chi connectivity index (χ2v) is 8.13. The number of aliphatic hydroxyl groups excluding tert-OH is 1. The Morgan fingerprint density at radius 3 is 2.75 bits per heavy atom. The van der Waals surface area contributed by atoms with Crippen molar-refractivity contribution >= 4 is 34.2 Å². The Morgan fingerprint density at radius 1 is 1.38 bits per heavy atom. The van der Waals surface area contributed by atoms with Crippen molar-refractivity contribution in [3.8, 4) is 0 Å². The smallest absolute Gasteiger partial charge is 0.233 e. The second kappa shape index (κ2) is 9.54. The number of unbranched alkanes of at least 4 members (excludes halogenated alkanes) is 2. The van der Waals surface area contributed by atoms with E-state index in [4.69, 9.17) is 12.2 Å². The molecule has 1 N–H and O–H groups in total. The number of benzene rings is 1. The first-order valence-electron chi connectivity index (χ1n) is 8.76. The van der Waals surface area contributed by atoms with Crippen LogP contribution in [0.2, 0.25) is 0 Å². The fourth-order valence-corrected chi connectivity index (χ4v) is 4.43. The van der Waals surface area contributed by atoms with E-state index in [9.17, 15) is 9.90 Å². The van der Waals surface area contributed by atoms with Gasteiger partial charge in [-0.2, -0.15) is 0 Å². The lowest BCUT2D eigenvalue weighted by molar-refractivity contribution is -0.135. The number of amides is 1. The summed E-state index contributed by atoms with van der Waals surface area (Å²) in [6.07, 6.45) is 4.06. The summed E-state index contributed by atoms with van der Waals surface area (Å²) in [5.41, 5.74) is 1.21. The summed E-state index contributed by atoms with van der Waals surface area (Å²) in [6, 6.07) is 10.3. The molecule has 24 heavy (non-hydrogen) atoms. The Morgan fingerprint density at radius 2 is 2.08 bits per heavy atom. The van der Waals surface area contributed by atoms with Gasteiger partial charge in [0.1, 0.15) is 4.32 Å². The molecule has 0 unspecified atom stereocenters. The summed E-state index contributed by atoms with van der Waals surface area (Å²) < 4.78 is 0.647. The molecule has 5 heteroatoms. The number of aliphatic hydroxyl groups is 1. The van der Waals surface area contributed by atoms with Crippen LogP contribution in [0.1, 0.15) is 45.1 Å². The SMILES string of the molecule is CCCCC[C@@H](O)[C@H](C)C(=O)N1C(=S)SC[C@@H]1Cc1ccccc1. The molecule has 1 amide bonds. The van der Waals surface area contributed by atoms with E-state index in [-0.39, 0.29) is 11.9 Å². The van der Waals surface area contributed by atoms with E-state index in [1.54, 1.807) is 16.7 Å². The van der Waals surface area contributed by atoms with Crippen LogP contribution in [0.4, 0.5) is 0 Å². The van der Waals surface area contributed by atoms with Gasteiger partial charge < -0.3 is 5.11 Å². The quantitative estimate of drug-likeness (QED) is 0.558. The minimum absolute atomic E-state index is 0.0325. The molecule has 3 nitrogen and oxygen atoms in total. The Balaban J connectivity index is 2.00. The molecular weight excluding hydrogens is 338 g/mol. The zero-order valence-corrected chi connectivity index (χ0v) is 16.1. The number of thioether (sulfide) groups is 1. The van der Waals surface area contributed by atoms with Gasteiger partial charge in [0.05, 0.1) is 18.1 Å². The van der Waals surface area contributed by atoms with Gasteiger partial charge in [-0.15, -0.1) is 0 Å². The monoisotopic (exact) mass is 365 g/mol. The van der Waals surface area contributed by atoms with Gasteiger partial charge in [0, 0.05) is 5.75 Å². The highest BCUT2D eigenvalue weighted by Crippen LogP contribution is 2.29. The maximum absolute atomic E-state index is 12.9. The zero-order valence-electron chi connectivity index (χ0n) is 14.5. The van der Waals surface area contributed by atoms with Crippen molar-refractivity contribution in [1.82, 2.24) is 4.90 Å². The molecule has 0 aliphatic carbocycles. The predicted molar refractivity (Wildman–Crippen MR) is 105 cm³/mol. The summed E-state index contributed by atoms with van der Waals surface area (Å²) in [5.74, 6) is 0.393. The molecule has 1 aromatic rings. The third-order valence-electron chi connectivity index (χ3n) is 4.58. The molecule has 1 aliphatic rings. The topological polar surface area (TPSA) is 40.5 Å². The molecule has 3 atom stereocenters. The fourth-order valence-electron chi connectivity index (χ4n) is 3.00. The van der Waals surface area contributed by atoms with Crippen molar-refractivity contribution in [2.45, 2.75) is 58.1 Å². The molecule has 2 rings (SSSR count). The van der Waals surface area contributed by atoms with Crippen LogP contribution >= 0.6 is 24.0 Å². The normalized spacial score (nSPS) is 20.2. The van der Waals surface area contributed by atoms with Crippen LogP contribution in [-0.4, -0.2) is 38.1 Å². The fraction of sp³-hybridized carbons (Fsp3) is 0.579. The molecule has 0 aromatic heterocycles. The highest BCUT2D eigenvalue weighted by molar-refractivity contribution is 8.23. The molecule has 1 saturated heterocycles. The van der Waals surface area contributed by atoms with E-state index in [0.29, 0.717) is 10.7 Å². The standard InChI is InChI=1S/C19H27NO2S2/c1-3-4-6-11-17(21)14(2)18(22)20-16(13-24-19(20)23)12-15-9-7-5-8-10-15/h5,7-10,14,16-17,21H,3-4,6,11-13H2,1-2H3/t14-,16-,17+/m0/s1. The number of hydrogen-bond acceptors (Lipinski definition) is 4. The number of hydrogen-bond donors (Lipinski definition) is 1. The molecule has 1 aliphatic heterocycles. The van der Waals surface area contributed by atoms with Crippen molar-refractivity contribution in [2.75, 3.05) is 5.75 Å². The number of rotatable bonds is 8. The van der Waals surface area contributed by atoms with Gasteiger partial charge >= 0.3 is 0 Å². The van der Waals surface area contributed by atoms with Crippen LogP contribution in [0.15, 0.2) is 30.3 Å². The lowest BCUT2D eigenvalue weighted by Crippen LogP contribution is -2.45. The van der Waals surface area contributed by atoms with Gasteiger partial charge in [0.2, 0.25) is 5.91 Å². The molecule has 0 saturated carbocycles. The number of carbonyl (C=O) groups is 1. The first-order chi connectivity index (χ1) is 11.5. The predicted octanol–water partition coefficient (Wildman–Crippen LogP) is 4.04. The Hall–Kier alpha value is -0.910. The van der Waals surface area contributed by atoms with Gasteiger partial charge in [-0.05, 0) is 18.4 Å². The number of thiocarbonyl (C=S) groups is 1. The van der Waals surface area contributed by atoms with Crippen LogP contribution in [0.3, 0.4) is 0 Å². The molecule has 1 aromatic carbocycles. The minimum Gasteiger partial charge on any atom is -0.392 e. The molecular formula is C19H27NO2S2. The van der Waals surface area contributed by atoms with Crippen molar-refractivity contribution in [3.63, 3.8) is 0 Å². The highest BCUT2D eigenvalue weighted by Gasteiger charge is 2.37. The van der Waals surface area contributed by atoms with Gasteiger partial charge in [-0.1, -0.05) is 87.4 Å². The average molecular weight is 366 g/mol. The lowest BCUT2D eigenvalue weighted by atomic mass is 9.96. The van der Waals surface area contributed by atoms with Crippen molar-refractivity contribution in [2.24, 2.45) is 5.92 Å². The van der Waals surface area contributed by atoms with Crippen LogP contribution in [0.5, 0.6) is 0 Å². The number of carbonyl (C=O) groups excluding carboxylic acids is 1. The second-order valence-electron chi connectivity index (χ2n) is 6.48. The van der Waals surface area contributed by atoms with Crippen molar-refractivity contribution in [3.05, 3.63) is 35.9 Å². The average Bonchev–Trinajstić information content (AvgIpc) is 2.95. The van der Waals surface area contributed by atoms with E-state index < -0.39 is 12.0 Å². The molecule has 0 radical (unpaired) electrons. The number of nitrogens with zero attached hydrogens (tertiary/aromatic N) is 1. The first-order valence-corrected chi connectivity index (χ1v) is 10.2. The van der Waals surface area contributed by atoms with E-state index in [1.807, 2.05) is 25.1 Å². The molecule has 0 bridgehead atoms. The van der Waals surface area contributed by atoms with E-state index in [0.717, 1.165) is 31.4 Å². The van der Waals surface area contributed by atoms with Crippen LogP contribution in [-0.2, 0) is 11.2 Å². The largest absolute Gasteiger partial charge is 0.392 e. The lowest BCUT2D eigenvalue weighted by Gasteiger charge is -2.28. The van der Waals surface area contributed by atoms with Crippen molar-refractivity contribution in [1.29, 1.82) is 0 Å². The Labute approximate surface area is 154 Å². The van der Waals surface area contributed by atoms with Gasteiger partial charge in [0.15, 0.2) is 0 Å². The summed E-state index contributed by atoms with van der Waals surface area (Å²) >= 11 is 6.98. The highest BCUT2D eigenvalue weighted by atomic mass is 32.2. The maximum atomic E-state index is 12.9. The third kappa shape index (κ3) is 5.04. The summed E-state index contributed by atoms with van der Waals surface area (Å²) in [6.45, 7) is 3.96. The van der Waals surface area contributed by atoms with E-state index >= 15 is 0 Å². The van der Waals surface area contributed by atoms with Crippen molar-refractivity contribution < 1.29 is 9.90 Å². The third-order valence-corrected chi connectivity index (χ3v) is 6.13. The summed E-state index contributed by atoms with van der Waals surface area (Å²) in [5, 5.41) is 10.3. The van der Waals surface area contributed by atoms with Gasteiger partial charge in [-0.25, -0.2) is 0 Å². The van der Waals surface area contributed by atoms with Crippen LogP contribution in [0.25, 0.3) is 0 Å². The maximum Gasteiger partial charge on any atom is 0.233 e. The molecule has 1 heterocycles. The van der Waals surface area contributed by atoms with Gasteiger partial charge in [-0.3, -0.25) is 9.69 Å². The Bertz CT molecular complexity index is 550. The van der Waals surface area contributed by atoms with Crippen LogP contribution < -0.4 is 0 Å². The first kappa shape index (κ1) is 19.4. The van der Waals surface area contributed by atoms with Gasteiger partial charge in [0.25, 0.3) is 0 Å². The Kier molecular flexibility index (Phi) is 7.72. The zero-order chi connectivity index (χ0) is 17.5. The summed E-state index contributed by atoms with van der Waals surface area (Å²) in [4.78, 5) is 14.6. The molecule has 132 valence electrons. The molecule has 0 spiro atoms. The van der Waals surface area contributed by atoms with Crippen LogP contribution in [0, 0.1) is 5.92 Å². The molecule has 1 fully saturated rings.